The summed E-state index contributed by atoms with van der Waals surface area (Å²) < 4.78 is 6.60. The van der Waals surface area contributed by atoms with Gasteiger partial charge in [0.15, 0.2) is 5.78 Å². The summed E-state index contributed by atoms with van der Waals surface area (Å²) in [6.45, 7) is 0.281. The molecule has 0 amide bonds. The number of hydrogen-bond donors (Lipinski definition) is 0. The lowest BCUT2D eigenvalue weighted by Gasteiger charge is -2.18. The summed E-state index contributed by atoms with van der Waals surface area (Å²) in [5, 5.41) is 0.533. The van der Waals surface area contributed by atoms with Crippen molar-refractivity contribution in [1.29, 1.82) is 0 Å². The minimum absolute atomic E-state index is 0.0309. The molecule has 20 heavy (non-hydrogen) atoms. The Kier molecular flexibility index (Phi) is 3.64. The van der Waals surface area contributed by atoms with Gasteiger partial charge in [0.1, 0.15) is 12.4 Å². The smallest absolute Gasteiger partial charge is 0.196 e. The Morgan fingerprint density at radius 2 is 1.90 bits per heavy atom. The number of ketones is 1. The number of Topliss-reactive ketones (excluding diaryl/α,β-unsaturated/α-hetero) is 1. The summed E-state index contributed by atoms with van der Waals surface area (Å²) in [4.78, 5) is 12.4. The molecule has 0 bridgehead atoms. The van der Waals surface area contributed by atoms with Crippen LogP contribution in [0.5, 0.6) is 5.75 Å². The normalized spacial score (nSPS) is 15.9. The van der Waals surface area contributed by atoms with Crippen LogP contribution in [0.3, 0.4) is 0 Å². The third-order valence-corrected chi connectivity index (χ3v) is 3.84. The molecule has 1 aliphatic rings. The molecule has 0 atom stereocenters. The van der Waals surface area contributed by atoms with Crippen LogP contribution >= 0.6 is 27.5 Å². The van der Waals surface area contributed by atoms with Crippen LogP contribution in [0, 0.1) is 0 Å². The van der Waals surface area contributed by atoms with Gasteiger partial charge in [-0.2, -0.15) is 0 Å². The number of hydrogen-bond acceptors (Lipinski definition) is 2. The second-order valence-electron chi connectivity index (χ2n) is 4.48. The fourth-order valence-corrected chi connectivity index (χ4v) is 2.50. The monoisotopic (exact) mass is 348 g/mol. The molecule has 2 nitrogen and oxygen atoms in total. The lowest BCUT2D eigenvalue weighted by Crippen LogP contribution is -2.18. The van der Waals surface area contributed by atoms with Gasteiger partial charge in [0.25, 0.3) is 0 Å². The van der Waals surface area contributed by atoms with Crippen LogP contribution in [0.2, 0.25) is 5.02 Å². The summed E-state index contributed by atoms with van der Waals surface area (Å²) in [6, 6.07) is 12.9. The largest absolute Gasteiger partial charge is 0.488 e. The highest BCUT2D eigenvalue weighted by Gasteiger charge is 2.23. The molecule has 0 N–H and O–H groups in total. The Morgan fingerprint density at radius 3 is 2.65 bits per heavy atom. The molecule has 0 saturated heterocycles. The van der Waals surface area contributed by atoms with Gasteiger partial charge in [-0.25, -0.2) is 0 Å². The molecule has 0 saturated carbocycles. The van der Waals surface area contributed by atoms with Crippen molar-refractivity contribution in [1.82, 2.24) is 0 Å². The Labute approximate surface area is 130 Å². The number of ether oxygens (including phenoxy) is 1. The number of halogens is 2. The summed E-state index contributed by atoms with van der Waals surface area (Å²) >= 11 is 9.32. The van der Waals surface area contributed by atoms with E-state index in [1.807, 2.05) is 30.3 Å². The molecular formula is C16H10BrClO2. The van der Waals surface area contributed by atoms with E-state index >= 15 is 0 Å². The molecule has 4 heteroatoms. The number of fused-ring (bicyclic) bond motifs is 1. The average molecular weight is 350 g/mol. The van der Waals surface area contributed by atoms with Gasteiger partial charge >= 0.3 is 0 Å². The van der Waals surface area contributed by atoms with Crippen molar-refractivity contribution in [2.24, 2.45) is 0 Å². The topological polar surface area (TPSA) is 26.3 Å². The lowest BCUT2D eigenvalue weighted by molar-refractivity contribution is 0.100. The summed E-state index contributed by atoms with van der Waals surface area (Å²) in [7, 11) is 0. The highest BCUT2D eigenvalue weighted by atomic mass is 79.9. The SMILES string of the molecule is O=C1/C(=C/c2ccc(Br)cc2)COc2ccc(Cl)cc21. The molecule has 1 heterocycles. The van der Waals surface area contributed by atoms with Gasteiger partial charge in [0.05, 0.1) is 5.56 Å². The van der Waals surface area contributed by atoms with Crippen LogP contribution in [0.1, 0.15) is 15.9 Å². The first-order valence-electron chi connectivity index (χ1n) is 6.07. The fraction of sp³-hybridized carbons (Fsp3) is 0.0625. The van der Waals surface area contributed by atoms with Gasteiger partial charge in [-0.05, 0) is 42.0 Å². The fourth-order valence-electron chi connectivity index (χ4n) is 2.07. The third-order valence-electron chi connectivity index (χ3n) is 3.07. The maximum absolute atomic E-state index is 12.4. The van der Waals surface area contributed by atoms with Gasteiger partial charge in [-0.15, -0.1) is 0 Å². The van der Waals surface area contributed by atoms with Crippen LogP contribution in [0.15, 0.2) is 52.5 Å². The standard InChI is InChI=1S/C16H10BrClO2/c17-12-3-1-10(2-4-12)7-11-9-20-15-6-5-13(18)8-14(15)16(11)19/h1-8H,9H2/b11-7+. The first-order chi connectivity index (χ1) is 9.63. The van der Waals surface area contributed by atoms with Crippen molar-refractivity contribution in [3.05, 3.63) is 68.7 Å². The van der Waals surface area contributed by atoms with E-state index in [9.17, 15) is 4.79 Å². The second kappa shape index (κ2) is 5.43. The molecule has 0 spiro atoms. The molecule has 0 aliphatic carbocycles. The lowest BCUT2D eigenvalue weighted by atomic mass is 9.98. The molecule has 3 rings (SSSR count). The van der Waals surface area contributed by atoms with Crippen LogP contribution in [0.25, 0.3) is 6.08 Å². The molecule has 2 aromatic rings. The molecule has 1 aliphatic heterocycles. The third kappa shape index (κ3) is 2.65. The Balaban J connectivity index is 1.97. The van der Waals surface area contributed by atoms with Crippen LogP contribution in [-0.4, -0.2) is 12.4 Å². The summed E-state index contributed by atoms with van der Waals surface area (Å²) in [5.41, 5.74) is 2.11. The van der Waals surface area contributed by atoms with Crippen molar-refractivity contribution < 1.29 is 9.53 Å². The zero-order valence-corrected chi connectivity index (χ0v) is 12.7. The van der Waals surface area contributed by atoms with Crippen molar-refractivity contribution in [3.63, 3.8) is 0 Å². The van der Waals surface area contributed by atoms with E-state index in [2.05, 4.69) is 15.9 Å². The van der Waals surface area contributed by atoms with E-state index in [1.165, 1.54) is 0 Å². The molecule has 100 valence electrons. The Bertz CT molecular complexity index is 705. The molecule has 0 radical (unpaired) electrons. The van der Waals surface area contributed by atoms with E-state index in [4.69, 9.17) is 16.3 Å². The number of carbonyl (C=O) groups excluding carboxylic acids is 1. The second-order valence-corrected chi connectivity index (χ2v) is 5.83. The van der Waals surface area contributed by atoms with Crippen LogP contribution in [0.4, 0.5) is 0 Å². The van der Waals surface area contributed by atoms with Crippen LogP contribution < -0.4 is 4.74 Å². The zero-order valence-electron chi connectivity index (χ0n) is 10.4. The molecule has 0 fully saturated rings. The average Bonchev–Trinajstić information content (AvgIpc) is 2.45. The maximum atomic E-state index is 12.4. The quantitative estimate of drug-likeness (QED) is 0.694. The Morgan fingerprint density at radius 1 is 1.15 bits per heavy atom. The number of carbonyl (C=O) groups is 1. The van der Waals surface area contributed by atoms with E-state index in [1.54, 1.807) is 18.2 Å². The predicted octanol–water partition coefficient (Wildman–Crippen LogP) is 4.76. The minimum Gasteiger partial charge on any atom is -0.488 e. The van der Waals surface area contributed by atoms with E-state index < -0.39 is 0 Å². The van der Waals surface area contributed by atoms with Crippen molar-refractivity contribution >= 4 is 39.4 Å². The van der Waals surface area contributed by atoms with E-state index in [-0.39, 0.29) is 12.4 Å². The highest BCUT2D eigenvalue weighted by molar-refractivity contribution is 9.10. The van der Waals surface area contributed by atoms with Gasteiger partial charge in [0.2, 0.25) is 0 Å². The Hall–Kier alpha value is -1.58. The molecule has 0 unspecified atom stereocenters. The molecule has 0 aromatic heterocycles. The molecular weight excluding hydrogens is 340 g/mol. The predicted molar refractivity (Wildman–Crippen MR) is 83.4 cm³/mol. The van der Waals surface area contributed by atoms with Gasteiger partial charge in [-0.1, -0.05) is 39.7 Å². The molecule has 2 aromatic carbocycles. The van der Waals surface area contributed by atoms with Crippen molar-refractivity contribution in [2.45, 2.75) is 0 Å². The van der Waals surface area contributed by atoms with E-state index in [0.717, 1.165) is 10.0 Å². The summed E-state index contributed by atoms with van der Waals surface area (Å²) in [6.07, 6.45) is 1.85. The first kappa shape index (κ1) is 13.4. The van der Waals surface area contributed by atoms with Gasteiger partial charge < -0.3 is 4.74 Å². The number of benzene rings is 2. The first-order valence-corrected chi connectivity index (χ1v) is 7.24. The van der Waals surface area contributed by atoms with Crippen molar-refractivity contribution in [3.8, 4) is 5.75 Å². The van der Waals surface area contributed by atoms with Crippen molar-refractivity contribution in [2.75, 3.05) is 6.61 Å². The van der Waals surface area contributed by atoms with Gasteiger partial charge in [-0.3, -0.25) is 4.79 Å². The minimum atomic E-state index is -0.0309. The zero-order chi connectivity index (χ0) is 14.1. The number of rotatable bonds is 1. The maximum Gasteiger partial charge on any atom is 0.196 e. The van der Waals surface area contributed by atoms with Crippen LogP contribution in [-0.2, 0) is 0 Å². The van der Waals surface area contributed by atoms with E-state index in [0.29, 0.717) is 21.9 Å². The van der Waals surface area contributed by atoms with Gasteiger partial charge in [0, 0.05) is 15.1 Å². The summed E-state index contributed by atoms with van der Waals surface area (Å²) in [5.74, 6) is 0.559. The highest BCUT2D eigenvalue weighted by Crippen LogP contribution is 2.30.